The number of ether oxygens (including phenoxy) is 2. The molecule has 0 amide bonds. The van der Waals surface area contributed by atoms with Crippen LogP contribution in [0.5, 0.6) is 11.5 Å². The number of fused-ring (bicyclic) bond motifs is 1. The molecule has 4 atom stereocenters. The Hall–Kier alpha value is -2.63. The van der Waals surface area contributed by atoms with Crippen LogP contribution >= 0.6 is 0 Å². The number of unbranched alkanes of at least 4 members (excludes halogenated alkanes) is 5. The van der Waals surface area contributed by atoms with Gasteiger partial charge in [0.2, 0.25) is 0 Å². The molecule has 5 rings (SSSR count). The van der Waals surface area contributed by atoms with E-state index in [-0.39, 0.29) is 18.1 Å². The van der Waals surface area contributed by atoms with E-state index in [0.717, 1.165) is 94.4 Å². The second kappa shape index (κ2) is 15.3. The number of nitrogens with zero attached hydrogens (tertiary/aromatic N) is 1. The number of hydrogen-bond donors (Lipinski definition) is 1. The second-order valence-electron chi connectivity index (χ2n) is 14.0. The fraction of sp³-hybridized carbons (Fsp3) is 0.625. The van der Waals surface area contributed by atoms with Crippen molar-refractivity contribution in [2.75, 3.05) is 13.1 Å². The summed E-state index contributed by atoms with van der Waals surface area (Å²) in [6.45, 7) is 12.7. The summed E-state index contributed by atoms with van der Waals surface area (Å²) in [6.07, 6.45) is 28.1. The van der Waals surface area contributed by atoms with Crippen LogP contribution in [0, 0.1) is 5.92 Å². The lowest BCUT2D eigenvalue weighted by Crippen LogP contribution is -2.73. The molecule has 1 unspecified atom stereocenters. The van der Waals surface area contributed by atoms with Gasteiger partial charge in [-0.25, -0.2) is 0 Å². The molecule has 2 bridgehead atoms. The maximum atomic E-state index is 13.0. The molecule has 2 aliphatic carbocycles. The highest BCUT2D eigenvalue weighted by Crippen LogP contribution is 2.63. The number of likely N-dealkylation sites (tertiary alicyclic amines) is 1. The summed E-state index contributed by atoms with van der Waals surface area (Å²) in [6, 6.07) is 4.09. The van der Waals surface area contributed by atoms with Crippen LogP contribution in [-0.2, 0) is 16.6 Å². The number of carbonyl (C=O) groups is 1. The van der Waals surface area contributed by atoms with Gasteiger partial charge in [-0.2, -0.15) is 0 Å². The molecule has 1 aromatic carbocycles. The van der Waals surface area contributed by atoms with Gasteiger partial charge in [-0.15, -0.1) is 0 Å². The van der Waals surface area contributed by atoms with E-state index in [0.29, 0.717) is 17.9 Å². The van der Waals surface area contributed by atoms with Crippen LogP contribution in [0.4, 0.5) is 0 Å². The first-order valence-corrected chi connectivity index (χ1v) is 18.0. The highest BCUT2D eigenvalue weighted by molar-refractivity contribution is 5.75. The Morgan fingerprint density at radius 1 is 1.04 bits per heavy atom. The molecule has 1 N–H and O–H groups in total. The normalized spacial score (nSPS) is 27.4. The topological polar surface area (TPSA) is 59.0 Å². The third-order valence-electron chi connectivity index (χ3n) is 10.8. The van der Waals surface area contributed by atoms with Crippen LogP contribution in [0.3, 0.4) is 0 Å². The number of benzene rings is 1. The van der Waals surface area contributed by atoms with Crippen molar-refractivity contribution in [1.29, 1.82) is 0 Å². The Morgan fingerprint density at radius 3 is 2.49 bits per heavy atom. The van der Waals surface area contributed by atoms with Crippen molar-refractivity contribution in [1.82, 2.24) is 4.90 Å². The summed E-state index contributed by atoms with van der Waals surface area (Å²) in [5, 5.41) is 12.4. The van der Waals surface area contributed by atoms with Crippen molar-refractivity contribution in [3.8, 4) is 11.5 Å². The van der Waals surface area contributed by atoms with Crippen LogP contribution in [0.25, 0.3) is 0 Å². The smallest absolute Gasteiger partial charge is 0.311 e. The fourth-order valence-corrected chi connectivity index (χ4v) is 8.03. The predicted molar refractivity (Wildman–Crippen MR) is 184 cm³/mol. The van der Waals surface area contributed by atoms with Gasteiger partial charge in [-0.3, -0.25) is 9.69 Å². The van der Waals surface area contributed by atoms with Gasteiger partial charge in [0.15, 0.2) is 11.5 Å². The van der Waals surface area contributed by atoms with Gasteiger partial charge < -0.3 is 14.6 Å². The SMILES string of the molecule is C=C(CC)[C@@H]1Oc2c(OC(=O)CCCCCCC/C=C\C/C=C\C/C=C\CC)ccc3c2[C@@]12CCN(CC1CC1)C(C3)[C@@]2(C)O. The van der Waals surface area contributed by atoms with Gasteiger partial charge in [0, 0.05) is 24.6 Å². The van der Waals surface area contributed by atoms with E-state index < -0.39 is 11.0 Å². The largest absolute Gasteiger partial charge is 0.481 e. The zero-order chi connectivity index (χ0) is 31.9. The number of carbonyl (C=O) groups excluding carboxylic acids is 1. The lowest BCUT2D eigenvalue weighted by molar-refractivity contribution is -0.149. The average Bonchev–Trinajstić information content (AvgIpc) is 3.77. The van der Waals surface area contributed by atoms with Crippen molar-refractivity contribution in [3.05, 3.63) is 71.9 Å². The molecule has 1 saturated heterocycles. The van der Waals surface area contributed by atoms with Crippen molar-refractivity contribution in [2.24, 2.45) is 5.92 Å². The summed E-state index contributed by atoms with van der Waals surface area (Å²) in [7, 11) is 0. The maximum absolute atomic E-state index is 13.0. The molecule has 0 aromatic heterocycles. The molecule has 1 aromatic rings. The Bertz CT molecular complexity index is 1270. The number of hydrogen-bond acceptors (Lipinski definition) is 5. The lowest BCUT2D eigenvalue weighted by atomic mass is 9.52. The van der Waals surface area contributed by atoms with Gasteiger partial charge >= 0.3 is 5.97 Å². The lowest BCUT2D eigenvalue weighted by Gasteiger charge is -2.60. The Kier molecular flexibility index (Phi) is 11.5. The van der Waals surface area contributed by atoms with Crippen molar-refractivity contribution in [3.63, 3.8) is 0 Å². The second-order valence-corrected chi connectivity index (χ2v) is 14.0. The molecule has 5 heteroatoms. The predicted octanol–water partition coefficient (Wildman–Crippen LogP) is 8.94. The van der Waals surface area contributed by atoms with Gasteiger partial charge in [-0.1, -0.05) is 82.2 Å². The highest BCUT2D eigenvalue weighted by Gasteiger charge is 2.68. The molecule has 4 aliphatic rings. The van der Waals surface area contributed by atoms with Crippen LogP contribution in [0.2, 0.25) is 0 Å². The van der Waals surface area contributed by atoms with E-state index in [1.165, 1.54) is 31.2 Å². The molecule has 5 nitrogen and oxygen atoms in total. The van der Waals surface area contributed by atoms with E-state index >= 15 is 0 Å². The summed E-state index contributed by atoms with van der Waals surface area (Å²) in [5.41, 5.74) is 1.73. The molecule has 1 spiro atoms. The minimum atomic E-state index is -0.970. The molecule has 0 radical (unpaired) electrons. The Balaban J connectivity index is 1.12. The van der Waals surface area contributed by atoms with Crippen LogP contribution in [0.15, 0.2) is 60.7 Å². The van der Waals surface area contributed by atoms with Gasteiger partial charge in [0.25, 0.3) is 0 Å². The number of rotatable bonds is 18. The molecule has 2 aliphatic heterocycles. The van der Waals surface area contributed by atoms with Gasteiger partial charge in [-0.05, 0) is 107 Å². The third kappa shape index (κ3) is 7.36. The van der Waals surface area contributed by atoms with E-state index in [1.807, 2.05) is 13.0 Å². The molecular weight excluding hydrogens is 558 g/mol. The van der Waals surface area contributed by atoms with E-state index in [9.17, 15) is 9.90 Å². The first-order valence-electron chi connectivity index (χ1n) is 18.0. The molecule has 1 saturated carbocycles. The summed E-state index contributed by atoms with van der Waals surface area (Å²) in [5.74, 6) is 1.72. The zero-order valence-corrected chi connectivity index (χ0v) is 28.2. The standard InChI is InChI=1S/C40H57NO4/c1-5-7-8-9-10-11-12-13-14-15-16-17-18-19-20-21-35(42)44-33-25-24-32-28-34-39(4,43)40(26-27-41(34)29-31-22-23-31)36(32)37(33)45-38(40)30(3)6-2/h7-8,10-11,13-14,24-25,31,34,38,43H,3,5-6,9,12,15-23,26-29H2,1-2,4H3/b8-7-,11-10-,14-13-/t34?,38-,39+,40-/m0/s1. The van der Waals surface area contributed by atoms with Gasteiger partial charge in [0.05, 0.1) is 11.0 Å². The molecular formula is C40H57NO4. The van der Waals surface area contributed by atoms with Crippen LogP contribution in [0.1, 0.15) is 122 Å². The zero-order valence-electron chi connectivity index (χ0n) is 28.2. The van der Waals surface area contributed by atoms with Crippen LogP contribution < -0.4 is 9.47 Å². The third-order valence-corrected chi connectivity index (χ3v) is 10.8. The van der Waals surface area contributed by atoms with E-state index in [1.54, 1.807) is 0 Å². The fourth-order valence-electron chi connectivity index (χ4n) is 8.03. The highest BCUT2D eigenvalue weighted by atomic mass is 16.6. The van der Waals surface area contributed by atoms with E-state index in [2.05, 4.69) is 67.8 Å². The monoisotopic (exact) mass is 615 g/mol. The molecule has 2 heterocycles. The first-order chi connectivity index (χ1) is 21.8. The maximum Gasteiger partial charge on any atom is 0.311 e. The quantitative estimate of drug-likeness (QED) is 0.0773. The van der Waals surface area contributed by atoms with E-state index in [4.69, 9.17) is 9.47 Å². The number of aliphatic hydroxyl groups is 1. The minimum Gasteiger partial charge on any atom is -0.481 e. The van der Waals surface area contributed by atoms with Crippen LogP contribution in [-0.4, -0.2) is 46.8 Å². The van der Waals surface area contributed by atoms with Crippen molar-refractivity contribution >= 4 is 5.97 Å². The molecule has 45 heavy (non-hydrogen) atoms. The summed E-state index contributed by atoms with van der Waals surface area (Å²) >= 11 is 0. The molecule has 2 fully saturated rings. The molecule has 246 valence electrons. The number of piperidine rings is 1. The summed E-state index contributed by atoms with van der Waals surface area (Å²) < 4.78 is 12.7. The van der Waals surface area contributed by atoms with Gasteiger partial charge in [0.1, 0.15) is 6.10 Å². The van der Waals surface area contributed by atoms with Crippen molar-refractivity contribution in [2.45, 2.75) is 140 Å². The Morgan fingerprint density at radius 2 is 1.76 bits per heavy atom. The first kappa shape index (κ1) is 33.7. The number of allylic oxidation sites excluding steroid dienone is 6. The minimum absolute atomic E-state index is 0.0469. The average molecular weight is 616 g/mol. The summed E-state index contributed by atoms with van der Waals surface area (Å²) in [4.78, 5) is 15.5. The Labute approximate surface area is 272 Å². The van der Waals surface area contributed by atoms with Crippen molar-refractivity contribution < 1.29 is 19.4 Å². The number of esters is 1.